The number of aromatic nitrogens is 5. The highest BCUT2D eigenvalue weighted by atomic mass is 35.5. The fourth-order valence-corrected chi connectivity index (χ4v) is 2.20. The molecule has 0 aliphatic rings. The summed E-state index contributed by atoms with van der Waals surface area (Å²) in [5.74, 6) is 0. The summed E-state index contributed by atoms with van der Waals surface area (Å²) in [5.41, 5.74) is 2.69. The van der Waals surface area contributed by atoms with Gasteiger partial charge in [-0.25, -0.2) is 9.97 Å². The second-order valence-electron chi connectivity index (χ2n) is 4.27. The van der Waals surface area contributed by atoms with Crippen molar-refractivity contribution in [3.05, 3.63) is 41.6 Å². The van der Waals surface area contributed by atoms with Gasteiger partial charge in [0, 0.05) is 24.9 Å². The van der Waals surface area contributed by atoms with E-state index in [1.807, 2.05) is 18.3 Å². The number of aromatic amines is 1. The Morgan fingerprint density at radius 3 is 3.11 bits per heavy atom. The van der Waals surface area contributed by atoms with Crippen molar-refractivity contribution in [2.75, 3.05) is 0 Å². The Morgan fingerprint density at radius 1 is 1.44 bits per heavy atom. The molecule has 0 aliphatic heterocycles. The van der Waals surface area contributed by atoms with E-state index in [-0.39, 0.29) is 6.04 Å². The largest absolute Gasteiger partial charge is 0.326 e. The van der Waals surface area contributed by atoms with Crippen LogP contribution in [0.2, 0.25) is 5.02 Å². The van der Waals surface area contributed by atoms with E-state index < -0.39 is 0 Å². The van der Waals surface area contributed by atoms with Crippen LogP contribution in [0.5, 0.6) is 0 Å². The van der Waals surface area contributed by atoms with Crippen molar-refractivity contribution in [1.29, 1.82) is 0 Å². The molecule has 5 nitrogen and oxygen atoms in total. The third-order valence-electron chi connectivity index (χ3n) is 2.93. The van der Waals surface area contributed by atoms with Gasteiger partial charge in [0.1, 0.15) is 0 Å². The van der Waals surface area contributed by atoms with Crippen LogP contribution in [0.15, 0.2) is 30.9 Å². The van der Waals surface area contributed by atoms with Crippen molar-refractivity contribution < 1.29 is 0 Å². The Labute approximate surface area is 109 Å². The van der Waals surface area contributed by atoms with Crippen LogP contribution in [-0.2, 0) is 6.42 Å². The third-order valence-corrected chi connectivity index (χ3v) is 3.14. The standard InChI is InChI=1S/C12H12ClN5/c1-8(4-10-2-3-16-17-10)18-7-15-12-11(18)5-9(13)6-14-12/h2-3,5-8H,4H2,1H3,(H,16,17). The van der Waals surface area contributed by atoms with Crippen LogP contribution in [0.3, 0.4) is 0 Å². The molecule has 92 valence electrons. The van der Waals surface area contributed by atoms with Crippen molar-refractivity contribution in [2.45, 2.75) is 19.4 Å². The molecule has 0 spiro atoms. The molecule has 0 aromatic carbocycles. The maximum Gasteiger partial charge on any atom is 0.177 e. The first-order chi connectivity index (χ1) is 8.74. The number of halogens is 1. The molecule has 0 radical (unpaired) electrons. The van der Waals surface area contributed by atoms with Crippen LogP contribution in [0.1, 0.15) is 18.7 Å². The van der Waals surface area contributed by atoms with Crippen LogP contribution >= 0.6 is 11.6 Å². The summed E-state index contributed by atoms with van der Waals surface area (Å²) < 4.78 is 2.07. The molecule has 6 heteroatoms. The highest BCUT2D eigenvalue weighted by Crippen LogP contribution is 2.21. The Morgan fingerprint density at radius 2 is 2.33 bits per heavy atom. The van der Waals surface area contributed by atoms with E-state index in [9.17, 15) is 0 Å². The first-order valence-electron chi connectivity index (χ1n) is 5.71. The number of imidazole rings is 1. The van der Waals surface area contributed by atoms with E-state index in [0.29, 0.717) is 10.7 Å². The summed E-state index contributed by atoms with van der Waals surface area (Å²) in [4.78, 5) is 8.47. The van der Waals surface area contributed by atoms with Gasteiger partial charge in [-0.05, 0) is 19.1 Å². The molecule has 0 fully saturated rings. The monoisotopic (exact) mass is 261 g/mol. The van der Waals surface area contributed by atoms with Gasteiger partial charge in [-0.1, -0.05) is 11.6 Å². The average Bonchev–Trinajstić information content (AvgIpc) is 2.97. The number of rotatable bonds is 3. The van der Waals surface area contributed by atoms with Gasteiger partial charge >= 0.3 is 0 Å². The average molecular weight is 262 g/mol. The summed E-state index contributed by atoms with van der Waals surface area (Å²) in [6.45, 7) is 2.12. The van der Waals surface area contributed by atoms with Crippen LogP contribution in [-0.4, -0.2) is 24.7 Å². The van der Waals surface area contributed by atoms with E-state index in [0.717, 1.165) is 17.6 Å². The highest BCUT2D eigenvalue weighted by Gasteiger charge is 2.12. The maximum atomic E-state index is 5.97. The van der Waals surface area contributed by atoms with E-state index in [2.05, 4.69) is 31.7 Å². The fourth-order valence-electron chi connectivity index (χ4n) is 2.05. The van der Waals surface area contributed by atoms with Crippen LogP contribution < -0.4 is 0 Å². The van der Waals surface area contributed by atoms with Crippen LogP contribution in [0.4, 0.5) is 0 Å². The van der Waals surface area contributed by atoms with Crippen molar-refractivity contribution in [3.63, 3.8) is 0 Å². The number of fused-ring (bicyclic) bond motifs is 1. The molecule has 3 rings (SSSR count). The molecule has 0 saturated carbocycles. The number of H-pyrrole nitrogens is 1. The van der Waals surface area contributed by atoms with Crippen LogP contribution in [0, 0.1) is 0 Å². The quantitative estimate of drug-likeness (QED) is 0.788. The molecule has 1 N–H and O–H groups in total. The lowest BCUT2D eigenvalue weighted by Gasteiger charge is -2.12. The molecule has 0 amide bonds. The predicted octanol–water partition coefficient (Wildman–Crippen LogP) is 2.61. The summed E-state index contributed by atoms with van der Waals surface area (Å²) in [6, 6.07) is 4.11. The minimum atomic E-state index is 0.249. The maximum absolute atomic E-state index is 5.97. The van der Waals surface area contributed by atoms with Crippen molar-refractivity contribution in [1.82, 2.24) is 24.7 Å². The first-order valence-corrected chi connectivity index (χ1v) is 6.08. The minimum absolute atomic E-state index is 0.249. The third kappa shape index (κ3) is 1.97. The Kier molecular flexibility index (Phi) is 2.76. The number of nitrogens with zero attached hydrogens (tertiary/aromatic N) is 4. The second kappa shape index (κ2) is 4.42. The number of nitrogens with one attached hydrogen (secondary N) is 1. The minimum Gasteiger partial charge on any atom is -0.326 e. The number of pyridine rings is 1. The Bertz CT molecular complexity index is 658. The molecule has 3 aromatic heterocycles. The first kappa shape index (κ1) is 11.2. The van der Waals surface area contributed by atoms with Crippen LogP contribution in [0.25, 0.3) is 11.2 Å². The molecular formula is C12H12ClN5. The summed E-state index contributed by atoms with van der Waals surface area (Å²) >= 11 is 5.97. The van der Waals surface area contributed by atoms with Gasteiger partial charge in [0.25, 0.3) is 0 Å². The smallest absolute Gasteiger partial charge is 0.177 e. The number of hydrogen-bond acceptors (Lipinski definition) is 3. The SMILES string of the molecule is CC(Cc1cc[nH]n1)n1cnc2ncc(Cl)cc21. The Balaban J connectivity index is 1.96. The normalized spacial score (nSPS) is 13.0. The van der Waals surface area contributed by atoms with Gasteiger partial charge in [-0.15, -0.1) is 0 Å². The molecule has 3 aromatic rings. The zero-order chi connectivity index (χ0) is 12.5. The molecule has 0 saturated heterocycles. The van der Waals surface area contributed by atoms with Crippen molar-refractivity contribution >= 4 is 22.8 Å². The molecule has 0 bridgehead atoms. The van der Waals surface area contributed by atoms with Gasteiger partial charge in [0.05, 0.1) is 22.6 Å². The van der Waals surface area contributed by atoms with E-state index >= 15 is 0 Å². The van der Waals surface area contributed by atoms with E-state index in [4.69, 9.17) is 11.6 Å². The lowest BCUT2D eigenvalue weighted by Crippen LogP contribution is -2.07. The fraction of sp³-hybridized carbons (Fsp3) is 0.250. The molecule has 3 heterocycles. The summed E-state index contributed by atoms with van der Waals surface area (Å²) in [6.07, 6.45) is 6.07. The van der Waals surface area contributed by atoms with Gasteiger partial charge < -0.3 is 4.57 Å². The lowest BCUT2D eigenvalue weighted by molar-refractivity contribution is 0.551. The summed E-state index contributed by atoms with van der Waals surface area (Å²) in [5, 5.41) is 7.60. The zero-order valence-electron chi connectivity index (χ0n) is 9.84. The zero-order valence-corrected chi connectivity index (χ0v) is 10.6. The lowest BCUT2D eigenvalue weighted by atomic mass is 10.2. The molecular weight excluding hydrogens is 250 g/mol. The Hall–Kier alpha value is -1.88. The molecule has 0 aliphatic carbocycles. The van der Waals surface area contributed by atoms with E-state index in [1.165, 1.54) is 0 Å². The molecule has 18 heavy (non-hydrogen) atoms. The highest BCUT2D eigenvalue weighted by molar-refractivity contribution is 6.31. The van der Waals surface area contributed by atoms with Crippen molar-refractivity contribution in [3.8, 4) is 0 Å². The topological polar surface area (TPSA) is 59.4 Å². The molecule has 1 unspecified atom stereocenters. The van der Waals surface area contributed by atoms with Gasteiger partial charge in [0.2, 0.25) is 0 Å². The summed E-state index contributed by atoms with van der Waals surface area (Å²) in [7, 11) is 0. The predicted molar refractivity (Wildman–Crippen MR) is 69.5 cm³/mol. The molecule has 1 atom stereocenters. The van der Waals surface area contributed by atoms with Gasteiger partial charge in [-0.3, -0.25) is 5.10 Å². The van der Waals surface area contributed by atoms with E-state index in [1.54, 1.807) is 12.5 Å². The number of hydrogen-bond donors (Lipinski definition) is 1. The second-order valence-corrected chi connectivity index (χ2v) is 4.70. The van der Waals surface area contributed by atoms with Crippen molar-refractivity contribution in [2.24, 2.45) is 0 Å². The van der Waals surface area contributed by atoms with Gasteiger partial charge in [-0.2, -0.15) is 5.10 Å². The van der Waals surface area contributed by atoms with Gasteiger partial charge in [0.15, 0.2) is 5.65 Å².